The molecular formula is C17H21N3O3. The summed E-state index contributed by atoms with van der Waals surface area (Å²) < 4.78 is 10.5. The second-order valence-electron chi connectivity index (χ2n) is 5.41. The Morgan fingerprint density at radius 2 is 1.96 bits per heavy atom. The first-order valence-electron chi connectivity index (χ1n) is 7.57. The predicted molar refractivity (Wildman–Crippen MR) is 88.4 cm³/mol. The van der Waals surface area contributed by atoms with E-state index in [1.165, 1.54) is 14.2 Å². The Morgan fingerprint density at radius 1 is 1.22 bits per heavy atom. The first kappa shape index (κ1) is 15.4. The Hall–Kier alpha value is -2.47. The van der Waals surface area contributed by atoms with Crippen molar-refractivity contribution >= 4 is 5.82 Å². The summed E-state index contributed by atoms with van der Waals surface area (Å²) >= 11 is 0. The summed E-state index contributed by atoms with van der Waals surface area (Å²) in [6.45, 7) is 2.54. The van der Waals surface area contributed by atoms with Crippen molar-refractivity contribution in [2.75, 3.05) is 38.8 Å². The van der Waals surface area contributed by atoms with Crippen LogP contribution in [0.3, 0.4) is 0 Å². The highest BCUT2D eigenvalue weighted by atomic mass is 16.5. The van der Waals surface area contributed by atoms with Gasteiger partial charge in [-0.3, -0.25) is 0 Å². The summed E-state index contributed by atoms with van der Waals surface area (Å²) in [6.07, 6.45) is 1.80. The molecule has 1 saturated heterocycles. The number of phenolic OH excluding ortho intramolecular Hbond substituents is 1. The van der Waals surface area contributed by atoms with Gasteiger partial charge in [0.25, 0.3) is 0 Å². The number of aromatic hydroxyl groups is 1. The van der Waals surface area contributed by atoms with Gasteiger partial charge in [-0.2, -0.15) is 0 Å². The third kappa shape index (κ3) is 3.17. The molecule has 23 heavy (non-hydrogen) atoms. The van der Waals surface area contributed by atoms with E-state index in [0.29, 0.717) is 11.5 Å². The number of hydrogen-bond donors (Lipinski definition) is 2. The van der Waals surface area contributed by atoms with Crippen LogP contribution in [0.5, 0.6) is 17.2 Å². The third-order valence-corrected chi connectivity index (χ3v) is 4.05. The van der Waals surface area contributed by atoms with E-state index >= 15 is 0 Å². The first-order valence-corrected chi connectivity index (χ1v) is 7.57. The second kappa shape index (κ2) is 6.75. The number of methoxy groups -OCH3 is 2. The van der Waals surface area contributed by atoms with E-state index in [2.05, 4.69) is 15.2 Å². The zero-order chi connectivity index (χ0) is 16.2. The summed E-state index contributed by atoms with van der Waals surface area (Å²) in [4.78, 5) is 6.66. The standard InChI is InChI=1S/C17H21N3O3/c1-22-14-9-12(10-15(23-2)17(14)21)13-11-20(8-7-18-13)16-5-3-4-6-19-16/h3-6,9-10,13,18,21H,7-8,11H2,1-2H3. The van der Waals surface area contributed by atoms with Crippen molar-refractivity contribution in [1.82, 2.24) is 10.3 Å². The fraction of sp³-hybridized carbons (Fsp3) is 0.353. The van der Waals surface area contributed by atoms with E-state index in [1.54, 1.807) is 6.20 Å². The zero-order valence-corrected chi connectivity index (χ0v) is 13.3. The van der Waals surface area contributed by atoms with Crippen LogP contribution in [-0.4, -0.2) is 43.9 Å². The molecule has 122 valence electrons. The van der Waals surface area contributed by atoms with Crippen molar-refractivity contribution in [3.05, 3.63) is 42.1 Å². The average Bonchev–Trinajstić information content (AvgIpc) is 2.63. The number of pyridine rings is 1. The molecule has 0 spiro atoms. The summed E-state index contributed by atoms with van der Waals surface area (Å²) in [5, 5.41) is 13.5. The second-order valence-corrected chi connectivity index (χ2v) is 5.41. The van der Waals surface area contributed by atoms with Crippen molar-refractivity contribution in [1.29, 1.82) is 0 Å². The third-order valence-electron chi connectivity index (χ3n) is 4.05. The number of piperazine rings is 1. The fourth-order valence-electron chi connectivity index (χ4n) is 2.84. The Labute approximate surface area is 135 Å². The molecule has 6 nitrogen and oxygen atoms in total. The minimum atomic E-state index is 0.0242. The van der Waals surface area contributed by atoms with E-state index in [0.717, 1.165) is 31.0 Å². The SMILES string of the molecule is COc1cc(C2CN(c3ccccn3)CCN2)cc(OC)c1O. The number of hydrogen-bond acceptors (Lipinski definition) is 6. The number of ether oxygens (including phenoxy) is 2. The highest BCUT2D eigenvalue weighted by molar-refractivity contribution is 5.54. The number of rotatable bonds is 4. The molecule has 6 heteroatoms. The Bertz CT molecular complexity index is 638. The molecule has 1 aliphatic heterocycles. The van der Waals surface area contributed by atoms with Crippen LogP contribution >= 0.6 is 0 Å². The van der Waals surface area contributed by atoms with Gasteiger partial charge >= 0.3 is 0 Å². The Balaban J connectivity index is 1.86. The van der Waals surface area contributed by atoms with Crippen LogP contribution in [0.25, 0.3) is 0 Å². The van der Waals surface area contributed by atoms with Crippen molar-refractivity contribution in [2.45, 2.75) is 6.04 Å². The topological polar surface area (TPSA) is 66.9 Å². The van der Waals surface area contributed by atoms with Gasteiger partial charge < -0.3 is 24.8 Å². The molecule has 1 aromatic carbocycles. The zero-order valence-electron chi connectivity index (χ0n) is 13.3. The van der Waals surface area contributed by atoms with Crippen molar-refractivity contribution in [3.63, 3.8) is 0 Å². The van der Waals surface area contributed by atoms with E-state index in [1.807, 2.05) is 30.3 Å². The maximum absolute atomic E-state index is 10.1. The van der Waals surface area contributed by atoms with Gasteiger partial charge in [-0.25, -0.2) is 4.98 Å². The molecule has 3 rings (SSSR count). The van der Waals surface area contributed by atoms with Gasteiger partial charge in [0.1, 0.15) is 5.82 Å². The predicted octanol–water partition coefficient (Wildman–Crippen LogP) is 1.96. The summed E-state index contributed by atoms with van der Waals surface area (Å²) in [5.74, 6) is 1.82. The van der Waals surface area contributed by atoms with Gasteiger partial charge in [-0.05, 0) is 29.8 Å². The maximum atomic E-state index is 10.1. The minimum absolute atomic E-state index is 0.0242. The van der Waals surface area contributed by atoms with E-state index in [-0.39, 0.29) is 11.8 Å². The summed E-state index contributed by atoms with van der Waals surface area (Å²) in [7, 11) is 3.07. The molecule has 2 heterocycles. The van der Waals surface area contributed by atoms with Crippen molar-refractivity contribution < 1.29 is 14.6 Å². The van der Waals surface area contributed by atoms with Crippen LogP contribution in [0.15, 0.2) is 36.5 Å². The molecule has 0 aliphatic carbocycles. The molecule has 0 amide bonds. The number of nitrogens with zero attached hydrogens (tertiary/aromatic N) is 2. The Morgan fingerprint density at radius 3 is 2.57 bits per heavy atom. The first-order chi connectivity index (χ1) is 11.2. The largest absolute Gasteiger partial charge is 0.502 e. The molecule has 2 aromatic rings. The number of aromatic nitrogens is 1. The lowest BCUT2D eigenvalue weighted by Crippen LogP contribution is -2.46. The number of phenols is 1. The van der Waals surface area contributed by atoms with Gasteiger partial charge in [0.05, 0.1) is 20.3 Å². The number of anilines is 1. The van der Waals surface area contributed by atoms with Gasteiger partial charge in [-0.15, -0.1) is 0 Å². The van der Waals surface area contributed by atoms with E-state index in [4.69, 9.17) is 9.47 Å². The van der Waals surface area contributed by atoms with Gasteiger partial charge in [0.2, 0.25) is 5.75 Å². The molecule has 0 saturated carbocycles. The minimum Gasteiger partial charge on any atom is -0.502 e. The molecule has 1 atom stereocenters. The van der Waals surface area contributed by atoms with Crippen molar-refractivity contribution in [2.24, 2.45) is 0 Å². The smallest absolute Gasteiger partial charge is 0.200 e. The van der Waals surface area contributed by atoms with Crippen LogP contribution in [0.1, 0.15) is 11.6 Å². The van der Waals surface area contributed by atoms with Gasteiger partial charge in [0.15, 0.2) is 11.5 Å². The molecule has 2 N–H and O–H groups in total. The maximum Gasteiger partial charge on any atom is 0.200 e. The van der Waals surface area contributed by atoms with Crippen LogP contribution in [-0.2, 0) is 0 Å². The average molecular weight is 315 g/mol. The van der Waals surface area contributed by atoms with Gasteiger partial charge in [-0.1, -0.05) is 6.07 Å². The normalized spacial score (nSPS) is 17.8. The molecule has 1 unspecified atom stereocenters. The van der Waals surface area contributed by atoms with Crippen molar-refractivity contribution in [3.8, 4) is 17.2 Å². The molecule has 1 fully saturated rings. The van der Waals surface area contributed by atoms with Crippen LogP contribution < -0.4 is 19.7 Å². The lowest BCUT2D eigenvalue weighted by Gasteiger charge is -2.35. The van der Waals surface area contributed by atoms with Crippen LogP contribution in [0.2, 0.25) is 0 Å². The quantitative estimate of drug-likeness (QED) is 0.899. The lowest BCUT2D eigenvalue weighted by molar-refractivity contribution is 0.337. The Kier molecular flexibility index (Phi) is 4.52. The van der Waals surface area contributed by atoms with E-state index < -0.39 is 0 Å². The molecule has 0 radical (unpaired) electrons. The van der Waals surface area contributed by atoms with Gasteiger partial charge in [0, 0.05) is 25.8 Å². The summed E-state index contributed by atoms with van der Waals surface area (Å²) in [6, 6.07) is 9.72. The molecule has 1 aromatic heterocycles. The van der Waals surface area contributed by atoms with E-state index in [9.17, 15) is 5.11 Å². The number of benzene rings is 1. The molecular weight excluding hydrogens is 294 g/mol. The molecule has 1 aliphatic rings. The number of nitrogens with one attached hydrogen (secondary N) is 1. The highest BCUT2D eigenvalue weighted by Gasteiger charge is 2.24. The fourth-order valence-corrected chi connectivity index (χ4v) is 2.84. The monoisotopic (exact) mass is 315 g/mol. The molecule has 0 bridgehead atoms. The summed E-state index contributed by atoms with van der Waals surface area (Å²) in [5.41, 5.74) is 1.01. The highest BCUT2D eigenvalue weighted by Crippen LogP contribution is 2.39. The van der Waals surface area contributed by atoms with Crippen LogP contribution in [0, 0.1) is 0 Å². The lowest BCUT2D eigenvalue weighted by atomic mass is 10.0. The van der Waals surface area contributed by atoms with Crippen LogP contribution in [0.4, 0.5) is 5.82 Å².